The number of hydrogen-bond donors (Lipinski definition) is 0. The third-order valence-electron chi connectivity index (χ3n) is 12.1. The Morgan fingerprint density at radius 2 is 0.982 bits per heavy atom. The van der Waals surface area contributed by atoms with Crippen molar-refractivity contribution in [2.24, 2.45) is 23.2 Å². The van der Waals surface area contributed by atoms with E-state index in [0.29, 0.717) is 51.5 Å². The molecule has 5 aliphatic rings. The maximum absolute atomic E-state index is 6.91. The first-order chi connectivity index (χ1) is 27.2. The van der Waals surface area contributed by atoms with Crippen LogP contribution in [0.15, 0.2) is 121 Å². The molecule has 4 saturated carbocycles. The van der Waals surface area contributed by atoms with E-state index < -0.39 is 30.5 Å². The molecular formula is C49H56O6. The van der Waals surface area contributed by atoms with Crippen LogP contribution >= 0.6 is 0 Å². The maximum Gasteiger partial charge on any atom is 0.147 e. The predicted molar refractivity (Wildman–Crippen MR) is 214 cm³/mol. The molecule has 0 unspecified atom stereocenters. The Kier molecular flexibility index (Phi) is 13.1. The molecule has 1 heterocycles. The maximum atomic E-state index is 6.91. The summed E-state index contributed by atoms with van der Waals surface area (Å²) in [6, 6.07) is 41.0. The molecule has 55 heavy (non-hydrogen) atoms. The van der Waals surface area contributed by atoms with E-state index in [4.69, 9.17) is 28.4 Å². The van der Waals surface area contributed by atoms with Crippen molar-refractivity contribution in [2.75, 3.05) is 19.8 Å². The molecule has 1 saturated heterocycles. The summed E-state index contributed by atoms with van der Waals surface area (Å²) in [5.74, 6) is 9.71. The van der Waals surface area contributed by atoms with Gasteiger partial charge in [-0.25, -0.2) is 0 Å². The van der Waals surface area contributed by atoms with Gasteiger partial charge in [0.15, 0.2) is 0 Å². The zero-order valence-corrected chi connectivity index (χ0v) is 32.0. The van der Waals surface area contributed by atoms with Gasteiger partial charge in [0.25, 0.3) is 0 Å². The Morgan fingerprint density at radius 3 is 1.49 bits per heavy atom. The molecule has 6 heteroatoms. The Bertz CT molecular complexity index is 1750. The van der Waals surface area contributed by atoms with Crippen molar-refractivity contribution in [1.29, 1.82) is 0 Å². The predicted octanol–water partition coefficient (Wildman–Crippen LogP) is 9.35. The van der Waals surface area contributed by atoms with E-state index in [2.05, 4.69) is 60.4 Å². The molecular weight excluding hydrogens is 685 g/mol. The van der Waals surface area contributed by atoms with Gasteiger partial charge < -0.3 is 28.4 Å². The lowest BCUT2D eigenvalue weighted by Crippen LogP contribution is -2.60. The van der Waals surface area contributed by atoms with Crippen LogP contribution in [0.4, 0.5) is 0 Å². The van der Waals surface area contributed by atoms with Crippen molar-refractivity contribution in [3.05, 3.63) is 144 Å². The van der Waals surface area contributed by atoms with Gasteiger partial charge in [0.1, 0.15) is 30.5 Å². The molecule has 0 aromatic heterocycles. The fourth-order valence-corrected chi connectivity index (χ4v) is 9.96. The van der Waals surface area contributed by atoms with Crippen molar-refractivity contribution in [3.8, 4) is 11.8 Å². The van der Waals surface area contributed by atoms with Crippen LogP contribution in [-0.2, 0) is 54.8 Å². The second-order valence-corrected chi connectivity index (χ2v) is 16.4. The first kappa shape index (κ1) is 38.1. The molecule has 0 radical (unpaired) electrons. The van der Waals surface area contributed by atoms with Gasteiger partial charge in [0.2, 0.25) is 0 Å². The van der Waals surface area contributed by atoms with Crippen LogP contribution in [0, 0.1) is 35.0 Å². The zero-order valence-electron chi connectivity index (χ0n) is 32.0. The fourth-order valence-electron chi connectivity index (χ4n) is 9.96. The topological polar surface area (TPSA) is 55.4 Å². The van der Waals surface area contributed by atoms with Crippen molar-refractivity contribution < 1.29 is 28.4 Å². The average Bonchev–Trinajstić information content (AvgIpc) is 3.21. The van der Waals surface area contributed by atoms with Crippen molar-refractivity contribution in [3.63, 3.8) is 0 Å². The van der Waals surface area contributed by atoms with Crippen LogP contribution in [-0.4, -0.2) is 50.3 Å². The van der Waals surface area contributed by atoms with Crippen LogP contribution in [0.1, 0.15) is 67.2 Å². The lowest BCUT2D eigenvalue weighted by molar-refractivity contribution is -0.261. The van der Waals surface area contributed by atoms with Gasteiger partial charge in [0.05, 0.1) is 46.2 Å². The second-order valence-electron chi connectivity index (χ2n) is 16.4. The molecule has 5 atom stereocenters. The normalized spacial score (nSPS) is 29.5. The highest BCUT2D eigenvalue weighted by atomic mass is 16.6. The van der Waals surface area contributed by atoms with Crippen molar-refractivity contribution >= 4 is 0 Å². The lowest BCUT2D eigenvalue weighted by Gasteiger charge is -2.56. The molecule has 288 valence electrons. The van der Waals surface area contributed by atoms with Gasteiger partial charge in [-0.2, -0.15) is 0 Å². The minimum absolute atomic E-state index is 0.317. The van der Waals surface area contributed by atoms with Crippen LogP contribution in [0.5, 0.6) is 0 Å². The molecule has 9 rings (SSSR count). The summed E-state index contributed by atoms with van der Waals surface area (Å²) in [5.41, 5.74) is 4.73. The highest BCUT2D eigenvalue weighted by Crippen LogP contribution is 2.60. The highest BCUT2D eigenvalue weighted by molar-refractivity contribution is 5.18. The van der Waals surface area contributed by atoms with E-state index in [1.807, 2.05) is 72.8 Å². The third-order valence-corrected chi connectivity index (χ3v) is 12.1. The molecule has 0 spiro atoms. The van der Waals surface area contributed by atoms with Crippen LogP contribution in [0.3, 0.4) is 0 Å². The molecule has 1 aliphatic heterocycles. The van der Waals surface area contributed by atoms with Crippen molar-refractivity contribution in [2.45, 2.75) is 102 Å². The monoisotopic (exact) mass is 740 g/mol. The molecule has 4 aromatic rings. The lowest BCUT2D eigenvalue weighted by atomic mass is 9.50. The summed E-state index contributed by atoms with van der Waals surface area (Å²) < 4.78 is 40.2. The molecule has 0 N–H and O–H groups in total. The Balaban J connectivity index is 1.02. The molecule has 5 fully saturated rings. The van der Waals surface area contributed by atoms with Gasteiger partial charge >= 0.3 is 0 Å². The Labute approximate surface area is 327 Å². The number of benzene rings is 4. The summed E-state index contributed by atoms with van der Waals surface area (Å²) in [5, 5.41) is 0. The van der Waals surface area contributed by atoms with E-state index in [-0.39, 0.29) is 0 Å². The first-order valence-corrected chi connectivity index (χ1v) is 20.5. The van der Waals surface area contributed by atoms with E-state index >= 15 is 0 Å². The van der Waals surface area contributed by atoms with E-state index in [9.17, 15) is 0 Å². The summed E-state index contributed by atoms with van der Waals surface area (Å²) in [6.45, 7) is 3.47. The van der Waals surface area contributed by atoms with E-state index in [1.54, 1.807) is 0 Å². The van der Waals surface area contributed by atoms with Crippen molar-refractivity contribution in [1.82, 2.24) is 0 Å². The summed E-state index contributed by atoms with van der Waals surface area (Å²) in [6.07, 6.45) is 6.55. The SMILES string of the molecule is C(#C[C@@H]1O[C@H](COCc2ccccc2)[C@@H](OCc2ccccc2)[C@H](OCc2ccccc2)[C@H]1OCc1ccccc1)CCOCC12CC3CC(CC(C3)C1)C2. The minimum atomic E-state index is -0.561. The van der Waals surface area contributed by atoms with E-state index in [1.165, 1.54) is 38.5 Å². The Hall–Kier alpha value is -3.80. The number of hydrogen-bond acceptors (Lipinski definition) is 6. The van der Waals surface area contributed by atoms with Crippen LogP contribution in [0.25, 0.3) is 0 Å². The Morgan fingerprint density at radius 1 is 0.527 bits per heavy atom. The molecule has 0 amide bonds. The average molecular weight is 741 g/mol. The number of ether oxygens (including phenoxy) is 6. The van der Waals surface area contributed by atoms with Gasteiger partial charge in [-0.05, 0) is 83.9 Å². The van der Waals surface area contributed by atoms with Gasteiger partial charge in [0, 0.05) is 6.42 Å². The van der Waals surface area contributed by atoms with Crippen LogP contribution in [0.2, 0.25) is 0 Å². The molecule has 4 aromatic carbocycles. The van der Waals surface area contributed by atoms with Gasteiger partial charge in [-0.1, -0.05) is 133 Å². The fraction of sp³-hybridized carbons (Fsp3) is 0.469. The van der Waals surface area contributed by atoms with Gasteiger partial charge in [-0.3, -0.25) is 0 Å². The number of rotatable bonds is 17. The first-order valence-electron chi connectivity index (χ1n) is 20.5. The summed E-state index contributed by atoms with van der Waals surface area (Å²) in [4.78, 5) is 0. The smallest absolute Gasteiger partial charge is 0.147 e. The minimum Gasteiger partial charge on any atom is -0.380 e. The third kappa shape index (κ3) is 10.3. The quantitative estimate of drug-likeness (QED) is 0.0795. The van der Waals surface area contributed by atoms with Gasteiger partial charge in [-0.15, -0.1) is 0 Å². The van der Waals surface area contributed by atoms with E-state index in [0.717, 1.165) is 46.6 Å². The zero-order chi connectivity index (χ0) is 37.1. The molecule has 4 bridgehead atoms. The highest BCUT2D eigenvalue weighted by Gasteiger charge is 2.51. The van der Waals surface area contributed by atoms with Crippen LogP contribution < -0.4 is 0 Å². The molecule has 6 nitrogen and oxygen atoms in total. The second kappa shape index (κ2) is 18.9. The largest absolute Gasteiger partial charge is 0.380 e. The summed E-state index contributed by atoms with van der Waals surface area (Å²) in [7, 11) is 0. The standard InChI is InChI=1S/C49H56O6/c1-5-15-37(16-6-1)31-51-35-45-47(53-33-39-19-9-3-10-20-39)48(54-34-40-21-11-4-12-22-40)46(52-32-38-17-7-2-8-18-38)44(55-45)23-13-14-24-50-36-49-28-41-25-42(29-49)27-43(26-41)30-49/h1-12,15-22,41-48H,14,24-36H2/t41?,42?,43?,44-,45+,46-,47+,48+,49?/m0/s1. The summed E-state index contributed by atoms with van der Waals surface area (Å²) >= 11 is 0. The molecule has 4 aliphatic carbocycles.